The molecule has 0 radical (unpaired) electrons. The Kier molecular flexibility index (Phi) is 4.64. The topological polar surface area (TPSA) is 110 Å². The maximum absolute atomic E-state index is 12.8. The van der Waals surface area contributed by atoms with Gasteiger partial charge in [-0.1, -0.05) is 12.1 Å². The van der Waals surface area contributed by atoms with E-state index in [1.807, 2.05) is 0 Å². The summed E-state index contributed by atoms with van der Waals surface area (Å²) in [7, 11) is 3.05. The number of aromatic nitrogens is 2. The first-order valence-electron chi connectivity index (χ1n) is 8.11. The van der Waals surface area contributed by atoms with Gasteiger partial charge in [0.25, 0.3) is 11.5 Å². The van der Waals surface area contributed by atoms with E-state index in [0.29, 0.717) is 16.6 Å². The standard InChI is InChI=1S/C19H17N3O5/c1-20-16(23)12-5-3-11(4-6-12)10-22-17(24)14-9-13(18(25)26)7-8-15(14)21(2)19(22)27/h3-9H,10H2,1-2H3,(H,20,23)(H,25,26). The molecule has 0 aliphatic rings. The number of carbonyl (C=O) groups is 2. The van der Waals surface area contributed by atoms with Gasteiger partial charge in [-0.3, -0.25) is 18.7 Å². The summed E-state index contributed by atoms with van der Waals surface area (Å²) in [6, 6.07) is 10.6. The molecule has 3 rings (SSSR count). The predicted octanol–water partition coefficient (Wildman–Crippen LogP) is 0.806. The Hall–Kier alpha value is -3.68. The molecule has 2 aromatic carbocycles. The average molecular weight is 367 g/mol. The Morgan fingerprint density at radius 1 is 1.04 bits per heavy atom. The van der Waals surface area contributed by atoms with Gasteiger partial charge in [0.2, 0.25) is 0 Å². The summed E-state index contributed by atoms with van der Waals surface area (Å²) in [5.74, 6) is -1.39. The summed E-state index contributed by atoms with van der Waals surface area (Å²) < 4.78 is 2.35. The molecule has 3 aromatic rings. The molecule has 0 saturated heterocycles. The van der Waals surface area contributed by atoms with Gasteiger partial charge in [-0.2, -0.15) is 0 Å². The number of hydrogen-bond donors (Lipinski definition) is 2. The third-order valence-corrected chi connectivity index (χ3v) is 4.38. The van der Waals surface area contributed by atoms with E-state index in [1.165, 1.54) is 36.9 Å². The third-order valence-electron chi connectivity index (χ3n) is 4.38. The fourth-order valence-electron chi connectivity index (χ4n) is 2.88. The lowest BCUT2D eigenvalue weighted by molar-refractivity contribution is 0.0696. The molecule has 138 valence electrons. The lowest BCUT2D eigenvalue weighted by Crippen LogP contribution is -2.39. The number of nitrogens with one attached hydrogen (secondary N) is 1. The molecule has 27 heavy (non-hydrogen) atoms. The van der Waals surface area contributed by atoms with Gasteiger partial charge in [-0.15, -0.1) is 0 Å². The highest BCUT2D eigenvalue weighted by molar-refractivity contribution is 5.94. The number of carboxylic acid groups (broad SMARTS) is 1. The molecule has 0 atom stereocenters. The van der Waals surface area contributed by atoms with Gasteiger partial charge >= 0.3 is 11.7 Å². The number of nitrogens with zero attached hydrogens (tertiary/aromatic N) is 2. The van der Waals surface area contributed by atoms with Crippen LogP contribution >= 0.6 is 0 Å². The second-order valence-corrected chi connectivity index (χ2v) is 6.05. The lowest BCUT2D eigenvalue weighted by Gasteiger charge is -2.11. The van der Waals surface area contributed by atoms with E-state index in [-0.39, 0.29) is 23.4 Å². The van der Waals surface area contributed by atoms with Crippen molar-refractivity contribution in [2.24, 2.45) is 7.05 Å². The van der Waals surface area contributed by atoms with Crippen molar-refractivity contribution in [1.82, 2.24) is 14.5 Å². The number of hydrogen-bond acceptors (Lipinski definition) is 4. The molecule has 2 N–H and O–H groups in total. The Morgan fingerprint density at radius 3 is 2.26 bits per heavy atom. The molecule has 0 aliphatic heterocycles. The van der Waals surface area contributed by atoms with Crippen LogP contribution in [0.2, 0.25) is 0 Å². The maximum atomic E-state index is 12.8. The molecule has 0 bridgehead atoms. The van der Waals surface area contributed by atoms with Crippen LogP contribution < -0.4 is 16.6 Å². The average Bonchev–Trinajstić information content (AvgIpc) is 2.68. The van der Waals surface area contributed by atoms with Crippen molar-refractivity contribution < 1.29 is 14.7 Å². The SMILES string of the molecule is CNC(=O)c1ccc(Cn2c(=O)c3cc(C(=O)O)ccc3n(C)c2=O)cc1. The number of benzene rings is 2. The van der Waals surface area contributed by atoms with Crippen LogP contribution in [0.1, 0.15) is 26.3 Å². The Bertz CT molecular complexity index is 1170. The smallest absolute Gasteiger partial charge is 0.335 e. The Morgan fingerprint density at radius 2 is 1.67 bits per heavy atom. The molecule has 0 saturated carbocycles. The summed E-state index contributed by atoms with van der Waals surface area (Å²) in [4.78, 5) is 48.2. The number of amides is 1. The highest BCUT2D eigenvalue weighted by Gasteiger charge is 2.14. The molecule has 0 fully saturated rings. The zero-order valence-electron chi connectivity index (χ0n) is 14.7. The maximum Gasteiger partial charge on any atom is 0.335 e. The minimum Gasteiger partial charge on any atom is -0.478 e. The molecule has 8 heteroatoms. The highest BCUT2D eigenvalue weighted by Crippen LogP contribution is 2.12. The summed E-state index contributed by atoms with van der Waals surface area (Å²) >= 11 is 0. The van der Waals surface area contributed by atoms with E-state index in [1.54, 1.807) is 24.3 Å². The summed E-state index contributed by atoms with van der Waals surface area (Å²) in [5.41, 5.74) is 0.389. The van der Waals surface area contributed by atoms with Crippen molar-refractivity contribution in [2.75, 3.05) is 7.05 Å². The van der Waals surface area contributed by atoms with Gasteiger partial charge < -0.3 is 10.4 Å². The number of rotatable bonds is 4. The summed E-state index contributed by atoms with van der Waals surface area (Å²) in [6.07, 6.45) is 0. The quantitative estimate of drug-likeness (QED) is 0.709. The van der Waals surface area contributed by atoms with Gasteiger partial charge in [0.05, 0.1) is 23.0 Å². The van der Waals surface area contributed by atoms with Gasteiger partial charge in [0, 0.05) is 19.7 Å². The van der Waals surface area contributed by atoms with Gasteiger partial charge in [-0.25, -0.2) is 9.59 Å². The fraction of sp³-hybridized carbons (Fsp3) is 0.158. The van der Waals surface area contributed by atoms with Crippen LogP contribution in [0.25, 0.3) is 10.9 Å². The largest absolute Gasteiger partial charge is 0.478 e. The number of fused-ring (bicyclic) bond motifs is 1. The van der Waals surface area contributed by atoms with Crippen molar-refractivity contribution in [3.05, 3.63) is 80.0 Å². The minimum atomic E-state index is -1.15. The van der Waals surface area contributed by atoms with E-state index in [2.05, 4.69) is 5.32 Å². The van der Waals surface area contributed by atoms with E-state index in [4.69, 9.17) is 5.11 Å². The van der Waals surface area contributed by atoms with Crippen molar-refractivity contribution in [2.45, 2.75) is 6.54 Å². The van der Waals surface area contributed by atoms with E-state index >= 15 is 0 Å². The fourth-order valence-corrected chi connectivity index (χ4v) is 2.88. The van der Waals surface area contributed by atoms with E-state index < -0.39 is 17.2 Å². The van der Waals surface area contributed by atoms with Crippen molar-refractivity contribution in [3.63, 3.8) is 0 Å². The van der Waals surface area contributed by atoms with Gasteiger partial charge in [0.1, 0.15) is 0 Å². The molecule has 1 heterocycles. The Balaban J connectivity index is 2.11. The first-order chi connectivity index (χ1) is 12.8. The summed E-state index contributed by atoms with van der Waals surface area (Å²) in [5, 5.41) is 11.8. The highest BCUT2D eigenvalue weighted by atomic mass is 16.4. The second-order valence-electron chi connectivity index (χ2n) is 6.05. The predicted molar refractivity (Wildman–Crippen MR) is 99.3 cm³/mol. The molecule has 1 amide bonds. The molecule has 0 aliphatic carbocycles. The zero-order chi connectivity index (χ0) is 19.7. The van der Waals surface area contributed by atoms with Crippen LogP contribution in [0.15, 0.2) is 52.1 Å². The first-order valence-corrected chi connectivity index (χ1v) is 8.11. The van der Waals surface area contributed by atoms with Crippen molar-refractivity contribution in [3.8, 4) is 0 Å². The molecular formula is C19H17N3O5. The van der Waals surface area contributed by atoms with E-state index in [9.17, 15) is 19.2 Å². The van der Waals surface area contributed by atoms with Crippen LogP contribution in [-0.2, 0) is 13.6 Å². The number of carbonyl (C=O) groups excluding carboxylic acids is 1. The molecule has 0 spiro atoms. The van der Waals surface area contributed by atoms with Crippen LogP contribution in [0.4, 0.5) is 0 Å². The van der Waals surface area contributed by atoms with Gasteiger partial charge in [-0.05, 0) is 35.9 Å². The zero-order valence-corrected chi connectivity index (χ0v) is 14.7. The molecular weight excluding hydrogens is 350 g/mol. The second kappa shape index (κ2) is 6.91. The number of carboxylic acids is 1. The van der Waals surface area contributed by atoms with Crippen LogP contribution in [-0.4, -0.2) is 33.2 Å². The third kappa shape index (κ3) is 3.24. The first kappa shape index (κ1) is 18.1. The van der Waals surface area contributed by atoms with Crippen LogP contribution in [0.3, 0.4) is 0 Å². The molecule has 8 nitrogen and oxygen atoms in total. The molecule has 1 aromatic heterocycles. The normalized spacial score (nSPS) is 10.7. The van der Waals surface area contributed by atoms with Crippen molar-refractivity contribution in [1.29, 1.82) is 0 Å². The molecule has 0 unspecified atom stereocenters. The van der Waals surface area contributed by atoms with Gasteiger partial charge in [0.15, 0.2) is 0 Å². The van der Waals surface area contributed by atoms with Crippen molar-refractivity contribution >= 4 is 22.8 Å². The number of aromatic carboxylic acids is 1. The monoisotopic (exact) mass is 367 g/mol. The number of aryl methyl sites for hydroxylation is 1. The van der Waals surface area contributed by atoms with E-state index in [0.717, 1.165) is 4.57 Å². The van der Waals surface area contributed by atoms with Crippen LogP contribution in [0, 0.1) is 0 Å². The summed E-state index contributed by atoms with van der Waals surface area (Å²) in [6.45, 7) is 0.00672. The Labute approximate surface area is 153 Å². The van der Waals surface area contributed by atoms with Crippen LogP contribution in [0.5, 0.6) is 0 Å². The minimum absolute atomic E-state index is 0.00672. The lowest BCUT2D eigenvalue weighted by atomic mass is 10.1.